The highest BCUT2D eigenvalue weighted by Gasteiger charge is 2.38. The Kier molecular flexibility index (Phi) is 7.03. The van der Waals surface area contributed by atoms with Crippen LogP contribution in [0.4, 0.5) is 5.69 Å². The molecule has 5 nitrogen and oxygen atoms in total. The second kappa shape index (κ2) is 10.1. The van der Waals surface area contributed by atoms with Gasteiger partial charge in [-0.05, 0) is 56.0 Å². The third-order valence-corrected chi connectivity index (χ3v) is 6.66. The minimum Gasteiger partial charge on any atom is -0.354 e. The Labute approximate surface area is 185 Å². The van der Waals surface area contributed by atoms with Crippen LogP contribution < -0.4 is 10.2 Å². The molecule has 1 N–H and O–H groups in total. The maximum absolute atomic E-state index is 13.3. The zero-order valence-corrected chi connectivity index (χ0v) is 18.4. The number of para-hydroxylation sites is 1. The van der Waals surface area contributed by atoms with Crippen molar-refractivity contribution in [3.8, 4) is 0 Å². The van der Waals surface area contributed by atoms with Gasteiger partial charge >= 0.3 is 0 Å². The van der Waals surface area contributed by atoms with Gasteiger partial charge in [-0.2, -0.15) is 0 Å². The van der Waals surface area contributed by atoms with E-state index in [1.807, 2.05) is 42.5 Å². The number of benzene rings is 2. The van der Waals surface area contributed by atoms with Gasteiger partial charge in [0.25, 0.3) is 5.91 Å². The van der Waals surface area contributed by atoms with Crippen molar-refractivity contribution < 1.29 is 9.59 Å². The number of piperidine rings is 1. The van der Waals surface area contributed by atoms with Crippen molar-refractivity contribution in [1.29, 1.82) is 0 Å². The van der Waals surface area contributed by atoms with Gasteiger partial charge in [0.2, 0.25) is 5.91 Å². The number of hydrogen-bond donors (Lipinski definition) is 1. The van der Waals surface area contributed by atoms with E-state index < -0.39 is 6.04 Å². The lowest BCUT2D eigenvalue weighted by atomic mass is 10.00. The number of fused-ring (bicyclic) bond motifs is 1. The van der Waals surface area contributed by atoms with Gasteiger partial charge in [0.1, 0.15) is 6.04 Å². The van der Waals surface area contributed by atoms with Crippen LogP contribution in [-0.2, 0) is 11.2 Å². The third kappa shape index (κ3) is 4.82. The molecule has 0 aromatic heterocycles. The molecule has 2 heterocycles. The molecule has 2 aliphatic rings. The Bertz CT molecular complexity index is 899. The van der Waals surface area contributed by atoms with Gasteiger partial charge < -0.3 is 10.2 Å². The van der Waals surface area contributed by atoms with E-state index in [0.717, 1.165) is 24.2 Å². The van der Waals surface area contributed by atoms with Crippen molar-refractivity contribution in [3.05, 3.63) is 65.7 Å². The summed E-state index contributed by atoms with van der Waals surface area (Å²) >= 11 is 0. The first-order valence-electron chi connectivity index (χ1n) is 11.7. The van der Waals surface area contributed by atoms with E-state index in [1.54, 1.807) is 17.0 Å². The molecule has 5 heteroatoms. The summed E-state index contributed by atoms with van der Waals surface area (Å²) in [5, 5.41) is 3.11. The molecule has 2 amide bonds. The van der Waals surface area contributed by atoms with E-state index in [9.17, 15) is 9.59 Å². The second-order valence-corrected chi connectivity index (χ2v) is 8.63. The molecular weight excluding hydrogens is 386 g/mol. The summed E-state index contributed by atoms with van der Waals surface area (Å²) in [6, 6.07) is 17.2. The van der Waals surface area contributed by atoms with Crippen LogP contribution in [0.15, 0.2) is 54.6 Å². The molecule has 0 bridgehead atoms. The van der Waals surface area contributed by atoms with E-state index in [0.29, 0.717) is 24.6 Å². The number of carbonyl (C=O) groups excluding carboxylic acids is 2. The lowest BCUT2D eigenvalue weighted by molar-refractivity contribution is -0.122. The SMILES string of the molecule is CCC1CCCCN1CCCNC(=O)C1Cc2ccccc2N1C(=O)c1ccccc1. The first-order valence-corrected chi connectivity index (χ1v) is 11.7. The molecule has 0 spiro atoms. The average molecular weight is 420 g/mol. The first-order chi connectivity index (χ1) is 15.2. The standard InChI is InChI=1S/C26H33N3O2/c1-2-22-14-8-9-17-28(22)18-10-16-27-25(30)24-19-21-13-6-7-15-23(21)29(24)26(31)20-11-4-3-5-12-20/h3-7,11-13,15,22,24H,2,8-10,14,16-19H2,1H3,(H,27,30). The Morgan fingerprint density at radius 3 is 2.61 bits per heavy atom. The number of anilines is 1. The number of hydrogen-bond acceptors (Lipinski definition) is 3. The van der Waals surface area contributed by atoms with E-state index in [-0.39, 0.29) is 11.8 Å². The summed E-state index contributed by atoms with van der Waals surface area (Å²) in [6.07, 6.45) is 6.60. The fourth-order valence-electron chi connectivity index (χ4n) is 4.99. The Hall–Kier alpha value is -2.66. The summed E-state index contributed by atoms with van der Waals surface area (Å²) in [7, 11) is 0. The molecule has 0 aliphatic carbocycles. The molecule has 4 rings (SSSR count). The van der Waals surface area contributed by atoms with Crippen LogP contribution in [0, 0.1) is 0 Å². The third-order valence-electron chi connectivity index (χ3n) is 6.66. The lowest BCUT2D eigenvalue weighted by Gasteiger charge is -2.35. The van der Waals surface area contributed by atoms with Gasteiger partial charge in [0, 0.05) is 36.8 Å². The maximum atomic E-state index is 13.3. The monoisotopic (exact) mass is 419 g/mol. The van der Waals surface area contributed by atoms with Crippen molar-refractivity contribution in [2.75, 3.05) is 24.5 Å². The van der Waals surface area contributed by atoms with Gasteiger partial charge in [-0.25, -0.2) is 0 Å². The van der Waals surface area contributed by atoms with Crippen molar-refractivity contribution in [3.63, 3.8) is 0 Å². The number of carbonyl (C=O) groups is 2. The van der Waals surface area contributed by atoms with Crippen LogP contribution in [0.2, 0.25) is 0 Å². The van der Waals surface area contributed by atoms with Crippen molar-refractivity contribution in [2.24, 2.45) is 0 Å². The summed E-state index contributed by atoms with van der Waals surface area (Å²) < 4.78 is 0. The second-order valence-electron chi connectivity index (χ2n) is 8.63. The lowest BCUT2D eigenvalue weighted by Crippen LogP contribution is -2.48. The van der Waals surface area contributed by atoms with Crippen LogP contribution >= 0.6 is 0 Å². The highest BCUT2D eigenvalue weighted by molar-refractivity contribution is 6.11. The van der Waals surface area contributed by atoms with Crippen LogP contribution in [0.3, 0.4) is 0 Å². The minimum absolute atomic E-state index is 0.0637. The Morgan fingerprint density at radius 2 is 1.81 bits per heavy atom. The van der Waals surface area contributed by atoms with Crippen LogP contribution in [0.1, 0.15) is 54.9 Å². The molecular formula is C26H33N3O2. The Balaban J connectivity index is 1.39. The highest BCUT2D eigenvalue weighted by atomic mass is 16.2. The molecule has 2 aromatic carbocycles. The Morgan fingerprint density at radius 1 is 1.03 bits per heavy atom. The van der Waals surface area contributed by atoms with Crippen molar-refractivity contribution in [2.45, 2.75) is 57.5 Å². The average Bonchev–Trinajstić information content (AvgIpc) is 3.21. The summed E-state index contributed by atoms with van der Waals surface area (Å²) in [5.74, 6) is -0.184. The van der Waals surface area contributed by atoms with E-state index in [1.165, 1.54) is 32.2 Å². The molecule has 2 aromatic rings. The van der Waals surface area contributed by atoms with E-state index in [4.69, 9.17) is 0 Å². The summed E-state index contributed by atoms with van der Waals surface area (Å²) in [4.78, 5) is 30.6. The van der Waals surface area contributed by atoms with Crippen molar-refractivity contribution in [1.82, 2.24) is 10.2 Å². The number of likely N-dealkylation sites (tertiary alicyclic amines) is 1. The molecule has 1 fully saturated rings. The highest BCUT2D eigenvalue weighted by Crippen LogP contribution is 2.33. The van der Waals surface area contributed by atoms with Crippen LogP contribution in [-0.4, -0.2) is 48.4 Å². The number of amides is 2. The van der Waals surface area contributed by atoms with E-state index >= 15 is 0 Å². The summed E-state index contributed by atoms with van der Waals surface area (Å²) in [6.45, 7) is 5.10. The molecule has 0 radical (unpaired) electrons. The fourth-order valence-corrected chi connectivity index (χ4v) is 4.99. The number of nitrogens with zero attached hydrogens (tertiary/aromatic N) is 2. The first kappa shape index (κ1) is 21.6. The van der Waals surface area contributed by atoms with Gasteiger partial charge in [-0.3, -0.25) is 14.5 Å². The van der Waals surface area contributed by atoms with Gasteiger partial charge in [-0.1, -0.05) is 49.7 Å². The predicted molar refractivity (Wildman–Crippen MR) is 124 cm³/mol. The fraction of sp³-hybridized carbons (Fsp3) is 0.462. The predicted octanol–water partition coefficient (Wildman–Crippen LogP) is 4.03. The number of nitrogens with one attached hydrogen (secondary N) is 1. The van der Waals surface area contributed by atoms with Crippen LogP contribution in [0.5, 0.6) is 0 Å². The summed E-state index contributed by atoms with van der Waals surface area (Å²) in [5.41, 5.74) is 2.49. The maximum Gasteiger partial charge on any atom is 0.259 e. The van der Waals surface area contributed by atoms with Gasteiger partial charge in [-0.15, -0.1) is 0 Å². The molecule has 0 saturated carbocycles. The zero-order valence-electron chi connectivity index (χ0n) is 18.4. The minimum atomic E-state index is -0.497. The molecule has 164 valence electrons. The zero-order chi connectivity index (χ0) is 21.6. The molecule has 1 saturated heterocycles. The van der Waals surface area contributed by atoms with E-state index in [2.05, 4.69) is 17.1 Å². The molecule has 2 atom stereocenters. The smallest absolute Gasteiger partial charge is 0.259 e. The molecule has 2 unspecified atom stereocenters. The normalized spacial score (nSPS) is 21.0. The van der Waals surface area contributed by atoms with Gasteiger partial charge in [0.05, 0.1) is 0 Å². The largest absolute Gasteiger partial charge is 0.354 e. The quantitative estimate of drug-likeness (QED) is 0.690. The molecule has 31 heavy (non-hydrogen) atoms. The topological polar surface area (TPSA) is 52.7 Å². The molecule has 2 aliphatic heterocycles. The van der Waals surface area contributed by atoms with Crippen molar-refractivity contribution >= 4 is 17.5 Å². The van der Waals surface area contributed by atoms with Crippen LogP contribution in [0.25, 0.3) is 0 Å². The van der Waals surface area contributed by atoms with Gasteiger partial charge in [0.15, 0.2) is 0 Å². The number of rotatable bonds is 7.